The molecule has 2 N–H and O–H groups in total. The van der Waals surface area contributed by atoms with Crippen LogP contribution in [0.2, 0.25) is 0 Å². The minimum Gasteiger partial charge on any atom is -0.450 e. The molecule has 0 atom stereocenters. The average Bonchev–Trinajstić information content (AvgIpc) is 2.93. The fraction of sp³-hybridized carbons (Fsp3) is 0.429. The van der Waals surface area contributed by atoms with Gasteiger partial charge in [-0.05, 0) is 20.8 Å². The van der Waals surface area contributed by atoms with E-state index in [9.17, 15) is 9.59 Å². The maximum absolute atomic E-state index is 12.0. The normalized spacial score (nSPS) is 10.3. The number of rotatable bonds is 6. The van der Waals surface area contributed by atoms with Gasteiger partial charge < -0.3 is 10.1 Å². The molecule has 0 aliphatic heterocycles. The van der Waals surface area contributed by atoms with Crippen LogP contribution in [-0.4, -0.2) is 43.6 Å². The van der Waals surface area contributed by atoms with Gasteiger partial charge >= 0.3 is 6.09 Å². The molecule has 24 heavy (non-hydrogen) atoms. The topological polar surface area (TPSA) is 124 Å². The van der Waals surface area contributed by atoms with E-state index in [1.807, 2.05) is 13.8 Å². The smallest absolute Gasteiger partial charge is 0.412 e. The molecule has 0 saturated heterocycles. The predicted octanol–water partition coefficient (Wildman–Crippen LogP) is 0.570. The number of ether oxygens (including phenoxy) is 1. The zero-order valence-corrected chi connectivity index (χ0v) is 13.7. The lowest BCUT2D eigenvalue weighted by atomic mass is 10.2. The largest absolute Gasteiger partial charge is 0.450 e. The number of aromatic nitrogens is 5. The van der Waals surface area contributed by atoms with Gasteiger partial charge in [-0.1, -0.05) is 0 Å². The van der Waals surface area contributed by atoms with Crippen LogP contribution in [0, 0.1) is 13.8 Å². The van der Waals surface area contributed by atoms with Gasteiger partial charge in [0, 0.05) is 23.5 Å². The molecular weight excluding hydrogens is 314 g/mol. The highest BCUT2D eigenvalue weighted by Crippen LogP contribution is 2.07. The van der Waals surface area contributed by atoms with Gasteiger partial charge in [0.15, 0.2) is 5.82 Å². The first-order chi connectivity index (χ1) is 11.5. The Hall–Kier alpha value is -3.04. The molecule has 0 bridgehead atoms. The third-order valence-electron chi connectivity index (χ3n) is 3.17. The molecule has 10 heteroatoms. The highest BCUT2D eigenvalue weighted by atomic mass is 16.5. The highest BCUT2D eigenvalue weighted by molar-refractivity contribution is 5.83. The van der Waals surface area contributed by atoms with E-state index in [2.05, 4.69) is 30.8 Å². The Labute approximate surface area is 138 Å². The number of nitrogens with zero attached hydrogens (tertiary/aromatic N) is 5. The Kier molecular flexibility index (Phi) is 5.77. The fourth-order valence-corrected chi connectivity index (χ4v) is 1.95. The van der Waals surface area contributed by atoms with Crippen molar-refractivity contribution in [2.75, 3.05) is 11.9 Å². The summed E-state index contributed by atoms with van der Waals surface area (Å²) in [5.74, 6) is -0.0552. The van der Waals surface area contributed by atoms with Gasteiger partial charge in [0.25, 0.3) is 0 Å². The molecule has 0 saturated carbocycles. The monoisotopic (exact) mass is 333 g/mol. The molecule has 0 aromatic carbocycles. The summed E-state index contributed by atoms with van der Waals surface area (Å²) < 4.78 is 4.73. The Morgan fingerprint density at radius 2 is 1.96 bits per heavy atom. The lowest BCUT2D eigenvalue weighted by Gasteiger charge is -2.09. The summed E-state index contributed by atoms with van der Waals surface area (Å²) in [6, 6.07) is 0. The maximum Gasteiger partial charge on any atom is 0.412 e. The Bertz CT molecular complexity index is 709. The van der Waals surface area contributed by atoms with Crippen LogP contribution < -0.4 is 10.6 Å². The van der Waals surface area contributed by atoms with E-state index in [4.69, 9.17) is 4.74 Å². The van der Waals surface area contributed by atoms with Gasteiger partial charge in [0.05, 0.1) is 12.8 Å². The number of amides is 2. The molecule has 0 aliphatic rings. The van der Waals surface area contributed by atoms with E-state index >= 15 is 0 Å². The van der Waals surface area contributed by atoms with Gasteiger partial charge in [-0.15, -0.1) is 5.10 Å². The second-order valence-corrected chi connectivity index (χ2v) is 4.91. The standard InChI is InChI=1S/C14H19N7O3/c1-4-24-14(23)19-12-6-18-21(20-12)7-13(22)15-5-11-9(2)16-8-17-10(11)3/h6,8H,4-5,7H2,1-3H3,(H,15,22)(H,19,20,23). The predicted molar refractivity (Wildman–Crippen MR) is 84.0 cm³/mol. The molecule has 2 aromatic heterocycles. The second kappa shape index (κ2) is 7.99. The van der Waals surface area contributed by atoms with E-state index < -0.39 is 6.09 Å². The number of aryl methyl sites for hydroxylation is 2. The number of hydrogen-bond donors (Lipinski definition) is 2. The quantitative estimate of drug-likeness (QED) is 0.792. The third kappa shape index (κ3) is 4.73. The molecule has 2 rings (SSSR count). The van der Waals surface area contributed by atoms with Gasteiger partial charge in [-0.2, -0.15) is 9.90 Å². The van der Waals surface area contributed by atoms with Gasteiger partial charge in [0.2, 0.25) is 5.91 Å². The van der Waals surface area contributed by atoms with Crippen LogP contribution in [0.5, 0.6) is 0 Å². The Balaban J connectivity index is 1.87. The van der Waals surface area contributed by atoms with Crippen LogP contribution in [0.4, 0.5) is 10.6 Å². The first-order valence-corrected chi connectivity index (χ1v) is 7.37. The zero-order valence-electron chi connectivity index (χ0n) is 13.7. The summed E-state index contributed by atoms with van der Waals surface area (Å²) in [6.45, 7) is 5.92. The van der Waals surface area contributed by atoms with Crippen LogP contribution in [0.15, 0.2) is 12.5 Å². The van der Waals surface area contributed by atoms with E-state index in [1.165, 1.54) is 17.3 Å². The summed E-state index contributed by atoms with van der Waals surface area (Å²) in [5, 5.41) is 13.1. The van der Waals surface area contributed by atoms with Crippen molar-refractivity contribution in [2.45, 2.75) is 33.9 Å². The van der Waals surface area contributed by atoms with Crippen molar-refractivity contribution in [1.82, 2.24) is 30.3 Å². The van der Waals surface area contributed by atoms with Crippen molar-refractivity contribution >= 4 is 17.8 Å². The van der Waals surface area contributed by atoms with Crippen molar-refractivity contribution in [3.05, 3.63) is 29.5 Å². The van der Waals surface area contributed by atoms with Gasteiger partial charge in [-0.25, -0.2) is 14.8 Å². The molecule has 10 nitrogen and oxygen atoms in total. The lowest BCUT2D eigenvalue weighted by molar-refractivity contribution is -0.122. The Morgan fingerprint density at radius 1 is 1.25 bits per heavy atom. The van der Waals surface area contributed by atoms with E-state index in [0.717, 1.165) is 17.0 Å². The van der Waals surface area contributed by atoms with E-state index in [-0.39, 0.29) is 24.9 Å². The van der Waals surface area contributed by atoms with Crippen LogP contribution in [0.1, 0.15) is 23.9 Å². The van der Waals surface area contributed by atoms with Gasteiger partial charge in [0.1, 0.15) is 12.9 Å². The molecule has 2 heterocycles. The van der Waals surface area contributed by atoms with Crippen LogP contribution in [0.25, 0.3) is 0 Å². The lowest BCUT2D eigenvalue weighted by Crippen LogP contribution is -2.29. The van der Waals surface area contributed by atoms with Gasteiger partial charge in [-0.3, -0.25) is 10.1 Å². The molecule has 0 radical (unpaired) electrons. The second-order valence-electron chi connectivity index (χ2n) is 4.91. The van der Waals surface area contributed by atoms with E-state index in [0.29, 0.717) is 6.54 Å². The van der Waals surface area contributed by atoms with Crippen LogP contribution in [0.3, 0.4) is 0 Å². The summed E-state index contributed by atoms with van der Waals surface area (Å²) >= 11 is 0. The third-order valence-corrected chi connectivity index (χ3v) is 3.17. The number of hydrogen-bond acceptors (Lipinski definition) is 7. The molecule has 0 spiro atoms. The maximum atomic E-state index is 12.0. The molecule has 0 aliphatic carbocycles. The summed E-state index contributed by atoms with van der Waals surface area (Å²) in [5.41, 5.74) is 2.52. The molecule has 0 unspecified atom stereocenters. The summed E-state index contributed by atoms with van der Waals surface area (Å²) in [7, 11) is 0. The molecule has 2 amide bonds. The molecule has 0 fully saturated rings. The van der Waals surface area contributed by atoms with Crippen LogP contribution >= 0.6 is 0 Å². The summed E-state index contributed by atoms with van der Waals surface area (Å²) in [4.78, 5) is 32.6. The Morgan fingerprint density at radius 3 is 2.62 bits per heavy atom. The SMILES string of the molecule is CCOC(=O)Nc1cnn(CC(=O)NCc2c(C)ncnc2C)n1. The van der Waals surface area contributed by atoms with E-state index in [1.54, 1.807) is 6.92 Å². The van der Waals surface area contributed by atoms with Crippen molar-refractivity contribution in [1.29, 1.82) is 0 Å². The minimum atomic E-state index is -0.621. The first-order valence-electron chi connectivity index (χ1n) is 7.37. The number of carbonyl (C=O) groups is 2. The number of anilines is 1. The molecule has 128 valence electrons. The van der Waals surface area contributed by atoms with Crippen molar-refractivity contribution in [3.8, 4) is 0 Å². The van der Waals surface area contributed by atoms with Crippen molar-refractivity contribution < 1.29 is 14.3 Å². The van der Waals surface area contributed by atoms with Crippen molar-refractivity contribution in [3.63, 3.8) is 0 Å². The average molecular weight is 333 g/mol. The fourth-order valence-electron chi connectivity index (χ4n) is 1.95. The zero-order chi connectivity index (χ0) is 17.5. The number of carbonyl (C=O) groups excluding carboxylic acids is 2. The minimum absolute atomic E-state index is 0.0731. The highest BCUT2D eigenvalue weighted by Gasteiger charge is 2.10. The van der Waals surface area contributed by atoms with Crippen LogP contribution in [-0.2, 0) is 22.6 Å². The number of nitrogens with one attached hydrogen (secondary N) is 2. The molecule has 2 aromatic rings. The summed E-state index contributed by atoms with van der Waals surface area (Å²) in [6.07, 6.45) is 2.20. The molecular formula is C14H19N7O3. The first kappa shape index (κ1) is 17.3. The van der Waals surface area contributed by atoms with Crippen molar-refractivity contribution in [2.24, 2.45) is 0 Å².